The number of ether oxygens (including phenoxy) is 1. The number of amides is 3. The molecule has 240 valence electrons. The fourth-order valence-electron chi connectivity index (χ4n) is 5.76. The number of carbonyl (C=O) groups is 4. The first-order chi connectivity index (χ1) is 22.0. The number of nitrogens with one attached hydrogen (secondary N) is 1. The van der Waals surface area contributed by atoms with E-state index in [4.69, 9.17) is 16.3 Å². The number of nitrogens with zero attached hydrogens (tertiary/aromatic N) is 2. The van der Waals surface area contributed by atoms with E-state index in [-0.39, 0.29) is 42.4 Å². The maximum Gasteiger partial charge on any atom is 0.416 e. The van der Waals surface area contributed by atoms with Crippen LogP contribution in [0.1, 0.15) is 48.1 Å². The predicted molar refractivity (Wildman–Crippen MR) is 164 cm³/mol. The van der Waals surface area contributed by atoms with Gasteiger partial charge < -0.3 is 19.7 Å². The van der Waals surface area contributed by atoms with Crippen LogP contribution >= 0.6 is 11.6 Å². The summed E-state index contributed by atoms with van der Waals surface area (Å²) in [6, 6.07) is 18.7. The lowest BCUT2D eigenvalue weighted by molar-refractivity contribution is -0.163. The fourth-order valence-corrected chi connectivity index (χ4v) is 6.11. The number of rotatable bonds is 11. The average molecular weight is 654 g/mol. The van der Waals surface area contributed by atoms with Crippen LogP contribution in [0.25, 0.3) is 6.08 Å². The Morgan fingerprint density at radius 2 is 1.70 bits per heavy atom. The van der Waals surface area contributed by atoms with Gasteiger partial charge in [0.05, 0.1) is 17.6 Å². The molecule has 46 heavy (non-hydrogen) atoms. The molecule has 2 aliphatic heterocycles. The molecule has 1 N–H and O–H groups in total. The van der Waals surface area contributed by atoms with E-state index in [0.717, 1.165) is 17.7 Å². The van der Waals surface area contributed by atoms with Gasteiger partial charge in [-0.1, -0.05) is 84.4 Å². The van der Waals surface area contributed by atoms with Crippen molar-refractivity contribution in [3.63, 3.8) is 0 Å². The summed E-state index contributed by atoms with van der Waals surface area (Å²) in [5.41, 5.74) is 0.791. The molecule has 0 aliphatic carbocycles. The molecular weight excluding hydrogens is 623 g/mol. The quantitative estimate of drug-likeness (QED) is 0.252. The van der Waals surface area contributed by atoms with Crippen LogP contribution in [0.5, 0.6) is 0 Å². The van der Waals surface area contributed by atoms with E-state index in [1.54, 1.807) is 42.5 Å². The van der Waals surface area contributed by atoms with Crippen molar-refractivity contribution in [2.75, 3.05) is 6.61 Å². The highest BCUT2D eigenvalue weighted by molar-refractivity contribution is 6.33. The standard InChI is InChI=1S/C34H31ClF3N3O5/c1-21(42)15-16-27(31(43)39-19-23-11-8-14-25(17-23)34(36,37)38)40-29(26(35)18-22-9-4-2-5-10-22)30(32(40)44)41-28(20-46-33(41)45)24-12-6-3-7-13-24/h2-14,17-18,27-30H,15-16,19-20H2,1H3,(H,39,43)/b26-18-/t27-,28-,29-,30+/m1/s1. The summed E-state index contributed by atoms with van der Waals surface area (Å²) in [4.78, 5) is 55.5. The van der Waals surface area contributed by atoms with Gasteiger partial charge in [-0.15, -0.1) is 0 Å². The molecule has 2 aliphatic rings. The van der Waals surface area contributed by atoms with Gasteiger partial charge in [-0.05, 0) is 48.2 Å². The third-order valence-corrected chi connectivity index (χ3v) is 8.35. The number of carbonyl (C=O) groups excluding carboxylic acids is 4. The normalized spacial score (nSPS) is 20.6. The molecule has 0 radical (unpaired) electrons. The zero-order valence-electron chi connectivity index (χ0n) is 24.7. The summed E-state index contributed by atoms with van der Waals surface area (Å²) in [7, 11) is 0. The second-order valence-corrected chi connectivity index (χ2v) is 11.6. The molecule has 0 saturated carbocycles. The highest BCUT2D eigenvalue weighted by Gasteiger charge is 2.59. The summed E-state index contributed by atoms with van der Waals surface area (Å²) < 4.78 is 45.2. The maximum atomic E-state index is 14.1. The highest BCUT2D eigenvalue weighted by Crippen LogP contribution is 2.42. The van der Waals surface area contributed by atoms with E-state index in [1.807, 2.05) is 24.3 Å². The topological polar surface area (TPSA) is 96.0 Å². The Morgan fingerprint density at radius 1 is 1.02 bits per heavy atom. The van der Waals surface area contributed by atoms with Gasteiger partial charge in [0.1, 0.15) is 24.5 Å². The van der Waals surface area contributed by atoms with Gasteiger partial charge in [0.2, 0.25) is 11.8 Å². The van der Waals surface area contributed by atoms with E-state index < -0.39 is 53.8 Å². The Kier molecular flexibility index (Phi) is 9.81. The third-order valence-electron chi connectivity index (χ3n) is 8.02. The molecule has 4 atom stereocenters. The molecule has 3 aromatic rings. The molecule has 3 amide bonds. The molecule has 2 fully saturated rings. The fraction of sp³-hybridized carbons (Fsp3) is 0.294. The Balaban J connectivity index is 1.48. The summed E-state index contributed by atoms with van der Waals surface area (Å²) in [5, 5.41) is 2.80. The zero-order chi connectivity index (χ0) is 33.0. The molecule has 0 aromatic heterocycles. The van der Waals surface area contributed by atoms with Crippen molar-refractivity contribution in [3.05, 3.63) is 112 Å². The molecule has 2 heterocycles. The smallest absolute Gasteiger partial charge is 0.416 e. The number of cyclic esters (lactones) is 1. The maximum absolute atomic E-state index is 14.1. The average Bonchev–Trinajstić information content (AvgIpc) is 3.40. The van der Waals surface area contributed by atoms with Gasteiger partial charge in [0.15, 0.2) is 0 Å². The first-order valence-electron chi connectivity index (χ1n) is 14.6. The third kappa shape index (κ3) is 7.09. The van der Waals surface area contributed by atoms with Crippen LogP contribution in [0, 0.1) is 0 Å². The van der Waals surface area contributed by atoms with Crippen LogP contribution in [0.2, 0.25) is 0 Å². The van der Waals surface area contributed by atoms with Crippen LogP contribution in [-0.2, 0) is 31.8 Å². The number of alkyl halides is 3. The lowest BCUT2D eigenvalue weighted by Crippen LogP contribution is -2.75. The monoisotopic (exact) mass is 653 g/mol. The number of Topliss-reactive ketones (excluding diaryl/α,β-unsaturated/α-hetero) is 1. The van der Waals surface area contributed by atoms with Gasteiger partial charge >= 0.3 is 12.3 Å². The summed E-state index contributed by atoms with van der Waals surface area (Å²) in [6.07, 6.45) is -3.76. The van der Waals surface area contributed by atoms with E-state index in [1.165, 1.54) is 28.9 Å². The van der Waals surface area contributed by atoms with Gasteiger partial charge in [0.25, 0.3) is 0 Å². The van der Waals surface area contributed by atoms with E-state index in [0.29, 0.717) is 5.56 Å². The number of ketones is 1. The minimum absolute atomic E-state index is 0.00457. The summed E-state index contributed by atoms with van der Waals surface area (Å²) in [6.45, 7) is 1.10. The lowest BCUT2D eigenvalue weighted by Gasteiger charge is -2.53. The van der Waals surface area contributed by atoms with Crippen molar-refractivity contribution < 1.29 is 37.1 Å². The SMILES string of the molecule is CC(=O)CC[C@H](C(=O)NCc1cccc(C(F)(F)F)c1)N1C(=O)[C@@H](N2C(=O)OC[C@@H]2c2ccccc2)[C@H]1/C(Cl)=C/c1ccccc1. The Hall–Kier alpha value is -4.64. The number of hydrogen-bond donors (Lipinski definition) is 1. The summed E-state index contributed by atoms with van der Waals surface area (Å²) in [5.74, 6) is -1.48. The Morgan fingerprint density at radius 3 is 2.35 bits per heavy atom. The largest absolute Gasteiger partial charge is 0.447 e. The van der Waals surface area contributed by atoms with Crippen LogP contribution in [0.15, 0.2) is 90.0 Å². The van der Waals surface area contributed by atoms with Crippen LogP contribution in [-0.4, -0.2) is 58.2 Å². The van der Waals surface area contributed by atoms with Crippen LogP contribution < -0.4 is 5.32 Å². The molecule has 0 bridgehead atoms. The number of benzene rings is 3. The number of β-lactam (4-membered cyclic amide) rings is 1. The molecule has 2 saturated heterocycles. The van der Waals surface area contributed by atoms with Crippen LogP contribution in [0.3, 0.4) is 0 Å². The second-order valence-electron chi connectivity index (χ2n) is 11.2. The van der Waals surface area contributed by atoms with Gasteiger partial charge in [0, 0.05) is 18.0 Å². The molecule has 3 aromatic carbocycles. The van der Waals surface area contributed by atoms with Crippen molar-refractivity contribution in [2.45, 2.75) is 56.7 Å². The molecular formula is C34H31ClF3N3O5. The number of halogens is 4. The first kappa shape index (κ1) is 32.7. The molecule has 5 rings (SSSR count). The molecule has 12 heteroatoms. The van der Waals surface area contributed by atoms with Gasteiger partial charge in [-0.25, -0.2) is 4.79 Å². The number of hydrogen-bond acceptors (Lipinski definition) is 5. The van der Waals surface area contributed by atoms with Crippen molar-refractivity contribution in [1.82, 2.24) is 15.1 Å². The molecule has 0 unspecified atom stereocenters. The van der Waals surface area contributed by atoms with Crippen molar-refractivity contribution in [2.24, 2.45) is 0 Å². The minimum Gasteiger partial charge on any atom is -0.447 e. The predicted octanol–water partition coefficient (Wildman–Crippen LogP) is 6.11. The van der Waals surface area contributed by atoms with E-state index >= 15 is 0 Å². The Labute approximate surface area is 268 Å². The molecule has 8 nitrogen and oxygen atoms in total. The zero-order valence-corrected chi connectivity index (χ0v) is 25.5. The summed E-state index contributed by atoms with van der Waals surface area (Å²) >= 11 is 6.92. The van der Waals surface area contributed by atoms with Crippen molar-refractivity contribution >= 4 is 41.4 Å². The van der Waals surface area contributed by atoms with Crippen molar-refractivity contribution in [1.29, 1.82) is 0 Å². The van der Waals surface area contributed by atoms with Crippen molar-refractivity contribution in [3.8, 4) is 0 Å². The highest BCUT2D eigenvalue weighted by atomic mass is 35.5. The van der Waals surface area contributed by atoms with E-state index in [9.17, 15) is 32.3 Å². The Bertz CT molecular complexity index is 1630. The first-order valence-corrected chi connectivity index (χ1v) is 15.0. The molecule has 0 spiro atoms. The van der Waals surface area contributed by atoms with Gasteiger partial charge in [-0.2, -0.15) is 13.2 Å². The second kappa shape index (κ2) is 13.8. The minimum atomic E-state index is -4.56. The van der Waals surface area contributed by atoms with Gasteiger partial charge in [-0.3, -0.25) is 14.5 Å². The number of likely N-dealkylation sites (tertiary alicyclic amines) is 1. The van der Waals surface area contributed by atoms with E-state index in [2.05, 4.69) is 5.32 Å². The lowest BCUT2D eigenvalue weighted by atomic mass is 9.86. The van der Waals surface area contributed by atoms with Crippen LogP contribution in [0.4, 0.5) is 18.0 Å².